The molecule has 126 valence electrons. The van der Waals surface area contributed by atoms with Gasteiger partial charge in [0.1, 0.15) is 19.0 Å². The van der Waals surface area contributed by atoms with E-state index in [-0.39, 0.29) is 0 Å². The Morgan fingerprint density at radius 1 is 1.00 bits per heavy atom. The van der Waals surface area contributed by atoms with Crippen molar-refractivity contribution in [1.29, 1.82) is 0 Å². The van der Waals surface area contributed by atoms with Crippen molar-refractivity contribution in [1.82, 2.24) is 0 Å². The van der Waals surface area contributed by atoms with Gasteiger partial charge in [0.25, 0.3) is 0 Å². The van der Waals surface area contributed by atoms with Crippen molar-refractivity contribution >= 4 is 12.0 Å². The number of rotatable bonds is 9. The summed E-state index contributed by atoms with van der Waals surface area (Å²) in [4.78, 5) is 10.6. The highest BCUT2D eigenvalue weighted by Crippen LogP contribution is 2.29. The number of hydrogen-bond donors (Lipinski definition) is 1. The molecule has 0 aliphatic carbocycles. The molecule has 0 atom stereocenters. The summed E-state index contributed by atoms with van der Waals surface area (Å²) in [6.45, 7) is 3.15. The first-order chi connectivity index (χ1) is 11.7. The summed E-state index contributed by atoms with van der Waals surface area (Å²) in [7, 11) is 0. The van der Waals surface area contributed by atoms with Gasteiger partial charge < -0.3 is 19.3 Å². The summed E-state index contributed by atoms with van der Waals surface area (Å²) in [5, 5.41) is 8.68. The molecule has 5 heteroatoms. The maximum Gasteiger partial charge on any atom is 0.328 e. The molecular weight excluding hydrogens is 308 g/mol. The average Bonchev–Trinajstić information content (AvgIpc) is 2.59. The Balaban J connectivity index is 1.94. The lowest BCUT2D eigenvalue weighted by atomic mass is 10.2. The molecule has 0 aliphatic heterocycles. The van der Waals surface area contributed by atoms with Gasteiger partial charge in [-0.15, -0.1) is 0 Å². The summed E-state index contributed by atoms with van der Waals surface area (Å²) < 4.78 is 16.8. The van der Waals surface area contributed by atoms with E-state index in [1.165, 1.54) is 6.08 Å². The smallest absolute Gasteiger partial charge is 0.328 e. The maximum atomic E-state index is 10.6. The normalized spacial score (nSPS) is 10.5. The Bertz CT molecular complexity index is 679. The van der Waals surface area contributed by atoms with Crippen LogP contribution < -0.4 is 14.2 Å². The predicted molar refractivity (Wildman–Crippen MR) is 91.7 cm³/mol. The van der Waals surface area contributed by atoms with Crippen LogP contribution in [0.4, 0.5) is 0 Å². The number of hydrogen-bond acceptors (Lipinski definition) is 4. The van der Waals surface area contributed by atoms with Crippen molar-refractivity contribution in [3.05, 3.63) is 60.2 Å². The summed E-state index contributed by atoms with van der Waals surface area (Å²) >= 11 is 0. The molecule has 0 saturated heterocycles. The minimum Gasteiger partial charge on any atom is -0.490 e. The molecule has 0 radical (unpaired) electrons. The van der Waals surface area contributed by atoms with E-state index in [0.717, 1.165) is 17.4 Å². The van der Waals surface area contributed by atoms with E-state index < -0.39 is 5.97 Å². The molecule has 0 saturated carbocycles. The van der Waals surface area contributed by atoms with Gasteiger partial charge in [-0.2, -0.15) is 0 Å². The van der Waals surface area contributed by atoms with E-state index in [1.54, 1.807) is 18.2 Å². The van der Waals surface area contributed by atoms with Crippen LogP contribution in [0, 0.1) is 0 Å². The van der Waals surface area contributed by atoms with Crippen molar-refractivity contribution in [3.8, 4) is 17.2 Å². The fourth-order valence-corrected chi connectivity index (χ4v) is 2.01. The van der Waals surface area contributed by atoms with Gasteiger partial charge in [0.05, 0.1) is 6.61 Å². The van der Waals surface area contributed by atoms with E-state index in [9.17, 15) is 4.79 Å². The topological polar surface area (TPSA) is 65.0 Å². The number of carbonyl (C=O) groups is 1. The zero-order chi connectivity index (χ0) is 17.2. The molecule has 2 aromatic rings. The Labute approximate surface area is 141 Å². The van der Waals surface area contributed by atoms with Crippen molar-refractivity contribution in [2.75, 3.05) is 19.8 Å². The van der Waals surface area contributed by atoms with Crippen LogP contribution in [0.3, 0.4) is 0 Å². The largest absolute Gasteiger partial charge is 0.490 e. The Morgan fingerprint density at radius 3 is 2.46 bits per heavy atom. The number of ether oxygens (including phenoxy) is 3. The Hall–Kier alpha value is -2.95. The fraction of sp³-hybridized carbons (Fsp3) is 0.211. The van der Waals surface area contributed by atoms with E-state index in [1.807, 2.05) is 37.3 Å². The van der Waals surface area contributed by atoms with Gasteiger partial charge in [0, 0.05) is 6.08 Å². The van der Waals surface area contributed by atoms with Gasteiger partial charge in [-0.05, 0) is 42.8 Å². The molecule has 0 aromatic heterocycles. The highest BCUT2D eigenvalue weighted by Gasteiger charge is 2.06. The quantitative estimate of drug-likeness (QED) is 0.562. The summed E-state index contributed by atoms with van der Waals surface area (Å²) in [5.41, 5.74) is 0.730. The third-order valence-corrected chi connectivity index (χ3v) is 3.04. The van der Waals surface area contributed by atoms with Crippen molar-refractivity contribution in [2.45, 2.75) is 6.92 Å². The lowest BCUT2D eigenvalue weighted by Gasteiger charge is -2.13. The molecular formula is C19H20O5. The number of carboxylic acid groups (broad SMARTS) is 1. The van der Waals surface area contributed by atoms with Crippen LogP contribution >= 0.6 is 0 Å². The Kier molecular flexibility index (Phi) is 6.71. The van der Waals surface area contributed by atoms with Crippen molar-refractivity contribution in [3.63, 3.8) is 0 Å². The molecule has 0 aliphatic rings. The molecule has 1 N–H and O–H groups in total. The van der Waals surface area contributed by atoms with E-state index in [2.05, 4.69) is 0 Å². The van der Waals surface area contributed by atoms with Gasteiger partial charge in [0.2, 0.25) is 0 Å². The molecule has 2 rings (SSSR count). The van der Waals surface area contributed by atoms with Crippen LogP contribution in [0.15, 0.2) is 54.6 Å². The minimum absolute atomic E-state index is 0.374. The van der Waals surface area contributed by atoms with E-state index >= 15 is 0 Å². The molecule has 0 fully saturated rings. The van der Waals surface area contributed by atoms with Crippen LogP contribution in [0.5, 0.6) is 17.2 Å². The van der Waals surface area contributed by atoms with Gasteiger partial charge in [0.15, 0.2) is 11.5 Å². The lowest BCUT2D eigenvalue weighted by molar-refractivity contribution is -0.131. The van der Waals surface area contributed by atoms with Gasteiger partial charge in [-0.3, -0.25) is 0 Å². The second kappa shape index (κ2) is 9.25. The highest BCUT2D eigenvalue weighted by molar-refractivity contribution is 5.85. The molecule has 5 nitrogen and oxygen atoms in total. The molecule has 24 heavy (non-hydrogen) atoms. The first-order valence-electron chi connectivity index (χ1n) is 7.67. The Morgan fingerprint density at radius 2 is 1.75 bits per heavy atom. The van der Waals surface area contributed by atoms with Crippen LogP contribution in [-0.4, -0.2) is 30.9 Å². The average molecular weight is 328 g/mol. The van der Waals surface area contributed by atoms with E-state index in [0.29, 0.717) is 31.3 Å². The zero-order valence-corrected chi connectivity index (χ0v) is 13.5. The van der Waals surface area contributed by atoms with Gasteiger partial charge in [-0.1, -0.05) is 24.3 Å². The van der Waals surface area contributed by atoms with Gasteiger partial charge >= 0.3 is 5.97 Å². The lowest BCUT2D eigenvalue weighted by Crippen LogP contribution is -2.09. The zero-order valence-electron chi connectivity index (χ0n) is 13.5. The number of para-hydroxylation sites is 1. The van der Waals surface area contributed by atoms with Crippen LogP contribution in [0.2, 0.25) is 0 Å². The molecule has 0 amide bonds. The third kappa shape index (κ3) is 5.68. The van der Waals surface area contributed by atoms with Crippen LogP contribution in [-0.2, 0) is 4.79 Å². The molecule has 0 unspecified atom stereocenters. The summed E-state index contributed by atoms with van der Waals surface area (Å²) in [6, 6.07) is 14.8. The predicted octanol–water partition coefficient (Wildman–Crippen LogP) is 3.64. The van der Waals surface area contributed by atoms with E-state index in [4.69, 9.17) is 19.3 Å². The first kappa shape index (κ1) is 17.4. The monoisotopic (exact) mass is 328 g/mol. The fourth-order valence-electron chi connectivity index (χ4n) is 2.01. The molecule has 0 heterocycles. The second-order valence-electron chi connectivity index (χ2n) is 4.82. The molecule has 0 bridgehead atoms. The van der Waals surface area contributed by atoms with Gasteiger partial charge in [-0.25, -0.2) is 4.79 Å². The van der Waals surface area contributed by atoms with Crippen LogP contribution in [0.1, 0.15) is 12.5 Å². The summed E-state index contributed by atoms with van der Waals surface area (Å²) in [5.74, 6) is 0.970. The molecule has 2 aromatic carbocycles. The summed E-state index contributed by atoms with van der Waals surface area (Å²) in [6.07, 6.45) is 2.59. The van der Waals surface area contributed by atoms with Crippen molar-refractivity contribution in [2.24, 2.45) is 0 Å². The maximum absolute atomic E-state index is 10.6. The number of benzene rings is 2. The standard InChI is InChI=1S/C19H20O5/c1-2-22-18-14-15(9-11-19(20)21)8-10-17(18)24-13-12-23-16-6-4-3-5-7-16/h3-11,14H,2,12-13H2,1H3,(H,20,21)/b11-9+. The molecule has 0 spiro atoms. The van der Waals surface area contributed by atoms with Crippen molar-refractivity contribution < 1.29 is 24.1 Å². The second-order valence-corrected chi connectivity index (χ2v) is 4.82. The third-order valence-electron chi connectivity index (χ3n) is 3.04. The number of aliphatic carboxylic acids is 1. The SMILES string of the molecule is CCOc1cc(/C=C/C(=O)O)ccc1OCCOc1ccccc1. The first-order valence-corrected chi connectivity index (χ1v) is 7.67. The number of carboxylic acids is 1. The minimum atomic E-state index is -0.994. The van der Waals surface area contributed by atoms with Crippen LogP contribution in [0.25, 0.3) is 6.08 Å². The highest BCUT2D eigenvalue weighted by atomic mass is 16.5.